The highest BCUT2D eigenvalue weighted by Gasteiger charge is 2.56. The Hall–Kier alpha value is -1.34. The number of halogens is 2. The van der Waals surface area contributed by atoms with Crippen LogP contribution in [0, 0.1) is 11.8 Å². The molecule has 4 atom stereocenters. The van der Waals surface area contributed by atoms with Crippen LogP contribution in [0.25, 0.3) is 0 Å². The van der Waals surface area contributed by atoms with Crippen LogP contribution in [-0.4, -0.2) is 65.2 Å². The number of benzene rings is 1. The van der Waals surface area contributed by atoms with E-state index in [1.165, 1.54) is 0 Å². The van der Waals surface area contributed by atoms with Gasteiger partial charge in [0.25, 0.3) is 0 Å². The maximum absolute atomic E-state index is 13.0. The number of ether oxygens (including phenoxy) is 1. The molecule has 6 nitrogen and oxygen atoms in total. The molecule has 0 saturated carbocycles. The number of rotatable bonds is 4. The predicted molar refractivity (Wildman–Crippen MR) is 101 cm³/mol. The van der Waals surface area contributed by atoms with E-state index >= 15 is 0 Å². The fourth-order valence-electron chi connectivity index (χ4n) is 4.55. The largest absolute Gasteiger partial charge is 0.481 e. The van der Waals surface area contributed by atoms with Gasteiger partial charge in [-0.15, -0.1) is 0 Å². The zero-order valence-electron chi connectivity index (χ0n) is 14.8. The van der Waals surface area contributed by atoms with Crippen LogP contribution in [0.5, 0.6) is 0 Å². The van der Waals surface area contributed by atoms with E-state index in [-0.39, 0.29) is 18.1 Å². The lowest BCUT2D eigenvalue weighted by Crippen LogP contribution is -2.53. The Kier molecular flexibility index (Phi) is 5.34. The molecule has 8 heteroatoms. The number of amides is 1. The van der Waals surface area contributed by atoms with Crippen molar-refractivity contribution in [1.29, 1.82) is 0 Å². The first kappa shape index (κ1) is 19.0. The summed E-state index contributed by atoms with van der Waals surface area (Å²) < 4.78 is 5.73. The van der Waals surface area contributed by atoms with Crippen LogP contribution in [0.1, 0.15) is 18.4 Å². The topological polar surface area (TPSA) is 70.1 Å². The lowest BCUT2D eigenvalue weighted by Gasteiger charge is -2.37. The first-order valence-electron chi connectivity index (χ1n) is 9.28. The van der Waals surface area contributed by atoms with Crippen LogP contribution >= 0.6 is 23.2 Å². The number of fused-ring (bicyclic) bond motifs is 2. The van der Waals surface area contributed by atoms with E-state index < -0.39 is 17.8 Å². The first-order valence-corrected chi connectivity index (χ1v) is 10.0. The van der Waals surface area contributed by atoms with Crippen LogP contribution < -0.4 is 0 Å². The molecule has 1 amide bonds. The van der Waals surface area contributed by atoms with E-state index in [1.807, 2.05) is 18.2 Å². The van der Waals surface area contributed by atoms with Gasteiger partial charge in [-0.2, -0.15) is 0 Å². The van der Waals surface area contributed by atoms with E-state index in [9.17, 15) is 14.7 Å². The Balaban J connectivity index is 1.38. The molecule has 27 heavy (non-hydrogen) atoms. The molecule has 1 aromatic carbocycles. The highest BCUT2D eigenvalue weighted by molar-refractivity contribution is 6.35. The highest BCUT2D eigenvalue weighted by Crippen LogP contribution is 2.44. The Labute approximate surface area is 168 Å². The van der Waals surface area contributed by atoms with Crippen LogP contribution in [-0.2, 0) is 20.9 Å². The van der Waals surface area contributed by atoms with Gasteiger partial charge < -0.3 is 14.7 Å². The number of carboxylic acid groups (broad SMARTS) is 1. The molecule has 3 aliphatic rings. The van der Waals surface area contributed by atoms with E-state index in [0.717, 1.165) is 18.4 Å². The third-order valence-corrected chi connectivity index (χ3v) is 6.68. The van der Waals surface area contributed by atoms with Crippen molar-refractivity contribution in [2.24, 2.45) is 11.8 Å². The second-order valence-electron chi connectivity index (χ2n) is 7.48. The minimum Gasteiger partial charge on any atom is -0.481 e. The average Bonchev–Trinajstić information content (AvgIpc) is 3.26. The van der Waals surface area contributed by atoms with Gasteiger partial charge in [-0.3, -0.25) is 14.5 Å². The Morgan fingerprint density at radius 1 is 1.04 bits per heavy atom. The molecule has 3 heterocycles. The van der Waals surface area contributed by atoms with Gasteiger partial charge in [0.15, 0.2) is 0 Å². The average molecular weight is 413 g/mol. The number of hydrogen-bond acceptors (Lipinski definition) is 4. The summed E-state index contributed by atoms with van der Waals surface area (Å²) in [5.41, 5.74) is 0.896. The van der Waals surface area contributed by atoms with Crippen LogP contribution in [0.2, 0.25) is 10.0 Å². The molecule has 2 bridgehead atoms. The molecule has 4 rings (SSSR count). The summed E-state index contributed by atoms with van der Waals surface area (Å²) in [5.74, 6) is -2.26. The lowest BCUT2D eigenvalue weighted by atomic mass is 9.78. The van der Waals surface area contributed by atoms with Crippen molar-refractivity contribution in [3.8, 4) is 0 Å². The summed E-state index contributed by atoms with van der Waals surface area (Å²) >= 11 is 12.5. The Morgan fingerprint density at radius 3 is 2.22 bits per heavy atom. The fourth-order valence-corrected chi connectivity index (χ4v) is 5.07. The minimum atomic E-state index is -0.924. The Morgan fingerprint density at radius 2 is 1.63 bits per heavy atom. The van der Waals surface area contributed by atoms with E-state index in [4.69, 9.17) is 27.9 Å². The van der Waals surface area contributed by atoms with Crippen molar-refractivity contribution in [3.63, 3.8) is 0 Å². The molecule has 3 saturated heterocycles. The molecule has 1 N–H and O–H groups in total. The van der Waals surface area contributed by atoms with Crippen molar-refractivity contribution < 1.29 is 19.4 Å². The third-order valence-electron chi connectivity index (χ3n) is 5.97. The number of carboxylic acids is 1. The van der Waals surface area contributed by atoms with Crippen molar-refractivity contribution in [2.75, 3.05) is 26.2 Å². The summed E-state index contributed by atoms with van der Waals surface area (Å²) in [6, 6.07) is 5.47. The molecule has 0 spiro atoms. The van der Waals surface area contributed by atoms with Gasteiger partial charge >= 0.3 is 5.97 Å². The first-order chi connectivity index (χ1) is 13.0. The minimum absolute atomic E-state index is 0.0787. The summed E-state index contributed by atoms with van der Waals surface area (Å²) in [6.07, 6.45) is 0.946. The SMILES string of the molecule is O=C(O)[C@@H]1[C@@H](C(=O)N2CCN(Cc3c(Cl)cccc3Cl)CC2)[C@H]2CC[C@H]1O2. The standard InChI is InChI=1S/C19H22Cl2N2O4/c20-12-2-1-3-13(21)11(12)10-22-6-8-23(9-7-22)18(24)16-14-4-5-15(27-14)17(16)19(25)26/h1-3,14-17H,4-10H2,(H,25,26)/t14-,15-,16+,17+/m1/s1. The van der Waals surface area contributed by atoms with Crippen molar-refractivity contribution in [3.05, 3.63) is 33.8 Å². The van der Waals surface area contributed by atoms with Gasteiger partial charge in [0, 0.05) is 48.3 Å². The number of carbonyl (C=O) groups excluding carboxylic acids is 1. The van der Waals surface area contributed by atoms with Gasteiger partial charge in [-0.1, -0.05) is 29.3 Å². The quantitative estimate of drug-likeness (QED) is 0.822. The number of aliphatic carboxylic acids is 1. The molecular formula is C19H22Cl2N2O4. The number of carbonyl (C=O) groups is 2. The maximum atomic E-state index is 13.0. The van der Waals surface area contributed by atoms with Gasteiger partial charge in [-0.25, -0.2) is 0 Å². The second-order valence-corrected chi connectivity index (χ2v) is 8.30. The zero-order chi connectivity index (χ0) is 19.1. The Bertz CT molecular complexity index is 731. The van der Waals surface area contributed by atoms with Gasteiger partial charge in [0.1, 0.15) is 0 Å². The van der Waals surface area contributed by atoms with Crippen molar-refractivity contribution in [2.45, 2.75) is 31.6 Å². The second kappa shape index (κ2) is 7.59. The van der Waals surface area contributed by atoms with Crippen molar-refractivity contribution >= 4 is 35.1 Å². The maximum Gasteiger partial charge on any atom is 0.310 e. The van der Waals surface area contributed by atoms with Crippen LogP contribution in [0.4, 0.5) is 0 Å². The fraction of sp³-hybridized carbons (Fsp3) is 0.579. The van der Waals surface area contributed by atoms with E-state index in [0.29, 0.717) is 42.8 Å². The summed E-state index contributed by atoms with van der Waals surface area (Å²) in [5, 5.41) is 10.8. The monoisotopic (exact) mass is 412 g/mol. The van der Waals surface area contributed by atoms with Gasteiger partial charge in [0.2, 0.25) is 5.91 Å². The number of nitrogens with zero attached hydrogens (tertiary/aromatic N) is 2. The summed E-state index contributed by atoms with van der Waals surface area (Å²) in [4.78, 5) is 28.6. The number of piperazine rings is 1. The predicted octanol–water partition coefficient (Wildman–Crippen LogP) is 2.52. The molecule has 3 fully saturated rings. The molecule has 1 aromatic rings. The molecule has 3 aliphatic heterocycles. The van der Waals surface area contributed by atoms with Gasteiger partial charge in [-0.05, 0) is 25.0 Å². The van der Waals surface area contributed by atoms with Crippen molar-refractivity contribution in [1.82, 2.24) is 9.80 Å². The highest BCUT2D eigenvalue weighted by atomic mass is 35.5. The molecular weight excluding hydrogens is 391 g/mol. The molecule has 0 aromatic heterocycles. The van der Waals surface area contributed by atoms with E-state index in [1.54, 1.807) is 4.90 Å². The van der Waals surface area contributed by atoms with E-state index in [2.05, 4.69) is 4.90 Å². The summed E-state index contributed by atoms with van der Waals surface area (Å²) in [7, 11) is 0. The normalized spacial score (nSPS) is 30.7. The summed E-state index contributed by atoms with van der Waals surface area (Å²) in [6.45, 7) is 3.18. The molecule has 146 valence electrons. The molecule has 0 radical (unpaired) electrons. The molecule has 0 aliphatic carbocycles. The lowest BCUT2D eigenvalue weighted by molar-refractivity contribution is -0.151. The third kappa shape index (κ3) is 3.56. The zero-order valence-corrected chi connectivity index (χ0v) is 16.3. The molecule has 0 unspecified atom stereocenters. The number of hydrogen-bond donors (Lipinski definition) is 1. The smallest absolute Gasteiger partial charge is 0.310 e. The van der Waals surface area contributed by atoms with Crippen LogP contribution in [0.3, 0.4) is 0 Å². The van der Waals surface area contributed by atoms with Crippen LogP contribution in [0.15, 0.2) is 18.2 Å². The van der Waals surface area contributed by atoms with Gasteiger partial charge in [0.05, 0.1) is 24.0 Å².